The van der Waals surface area contributed by atoms with Crippen molar-refractivity contribution < 1.29 is 4.79 Å². The van der Waals surface area contributed by atoms with E-state index < -0.39 is 5.91 Å². The first kappa shape index (κ1) is 19.5. The predicted octanol–water partition coefficient (Wildman–Crippen LogP) is 2.39. The fourth-order valence-corrected chi connectivity index (χ4v) is 2.93. The number of hydrogen-bond donors (Lipinski definition) is 3. The Morgan fingerprint density at radius 2 is 2.10 bits per heavy atom. The van der Waals surface area contributed by atoms with Gasteiger partial charge in [-0.2, -0.15) is 4.52 Å². The summed E-state index contributed by atoms with van der Waals surface area (Å²) in [5.74, 6) is 0.649. The highest BCUT2D eigenvalue weighted by Gasteiger charge is 2.15. The Kier molecular flexibility index (Phi) is 5.40. The van der Waals surface area contributed by atoms with Crippen molar-refractivity contribution in [3.05, 3.63) is 64.8 Å². The molecule has 0 aliphatic heterocycles. The van der Waals surface area contributed by atoms with Crippen LogP contribution in [0.15, 0.2) is 42.6 Å². The summed E-state index contributed by atoms with van der Waals surface area (Å²) in [5, 5.41) is 19.2. The molecule has 0 spiro atoms. The normalized spacial score (nSPS) is 10.9. The molecule has 4 rings (SSSR count). The number of nitrogens with one attached hydrogen (secondary N) is 2. The van der Waals surface area contributed by atoms with Crippen LogP contribution in [0.25, 0.3) is 5.65 Å². The Hall–Kier alpha value is -3.79. The number of carbonyl (C=O) groups is 1. The van der Waals surface area contributed by atoms with Crippen LogP contribution < -0.4 is 16.4 Å². The number of nitrogens with zero attached hydrogens (tertiary/aromatic N) is 6. The van der Waals surface area contributed by atoms with Gasteiger partial charge in [0.25, 0.3) is 5.91 Å². The lowest BCUT2D eigenvalue weighted by Crippen LogP contribution is -2.27. The van der Waals surface area contributed by atoms with Crippen LogP contribution in [0.5, 0.6) is 0 Å². The van der Waals surface area contributed by atoms with Crippen molar-refractivity contribution in [3.63, 3.8) is 0 Å². The van der Waals surface area contributed by atoms with Gasteiger partial charge in [0.15, 0.2) is 28.8 Å². The second-order valence-electron chi connectivity index (χ2n) is 6.37. The topological polar surface area (TPSA) is 136 Å². The van der Waals surface area contributed by atoms with Gasteiger partial charge in [0.05, 0.1) is 18.4 Å². The molecule has 0 aliphatic carbocycles. The van der Waals surface area contributed by atoms with E-state index in [1.54, 1.807) is 35.0 Å². The summed E-state index contributed by atoms with van der Waals surface area (Å²) in [6, 6.07) is 10.8. The Labute approximate surface area is 176 Å². The number of amides is 1. The smallest absolute Gasteiger partial charge is 0.274 e. The molecule has 3 aromatic heterocycles. The van der Waals surface area contributed by atoms with Crippen LogP contribution in [0.4, 0.5) is 17.3 Å². The summed E-state index contributed by atoms with van der Waals surface area (Å²) in [4.78, 5) is 20.8. The number of nitrogen functional groups attached to an aromatic ring is 1. The first-order chi connectivity index (χ1) is 14.5. The van der Waals surface area contributed by atoms with Crippen LogP contribution in [-0.2, 0) is 13.0 Å². The average molecular weight is 424 g/mol. The number of rotatable bonds is 6. The highest BCUT2D eigenvalue weighted by Crippen LogP contribution is 2.19. The molecule has 0 saturated heterocycles. The number of aryl methyl sites for hydroxylation is 1. The number of benzene rings is 1. The maximum Gasteiger partial charge on any atom is 0.274 e. The number of fused-ring (bicyclic) bond motifs is 1. The molecule has 0 saturated carbocycles. The van der Waals surface area contributed by atoms with E-state index in [4.69, 9.17) is 17.3 Å². The van der Waals surface area contributed by atoms with Crippen LogP contribution in [0.1, 0.15) is 28.9 Å². The molecule has 10 nitrogen and oxygen atoms in total. The Bertz CT molecular complexity index is 1220. The Morgan fingerprint density at radius 3 is 2.90 bits per heavy atom. The molecule has 30 heavy (non-hydrogen) atoms. The molecule has 152 valence electrons. The van der Waals surface area contributed by atoms with Crippen LogP contribution in [-0.4, -0.2) is 35.7 Å². The molecule has 1 amide bonds. The maximum atomic E-state index is 12.5. The van der Waals surface area contributed by atoms with Gasteiger partial charge >= 0.3 is 0 Å². The Morgan fingerprint density at radius 1 is 1.23 bits per heavy atom. The summed E-state index contributed by atoms with van der Waals surface area (Å²) >= 11 is 6.02. The molecule has 3 heterocycles. The first-order valence-electron chi connectivity index (χ1n) is 9.17. The van der Waals surface area contributed by atoms with E-state index in [1.165, 1.54) is 0 Å². The highest BCUT2D eigenvalue weighted by molar-refractivity contribution is 6.30. The van der Waals surface area contributed by atoms with Gasteiger partial charge in [-0.15, -0.1) is 15.3 Å². The van der Waals surface area contributed by atoms with Gasteiger partial charge in [0.1, 0.15) is 0 Å². The zero-order valence-electron chi connectivity index (χ0n) is 16.0. The van der Waals surface area contributed by atoms with Gasteiger partial charge in [0, 0.05) is 10.7 Å². The van der Waals surface area contributed by atoms with E-state index in [0.717, 1.165) is 5.69 Å². The third kappa shape index (κ3) is 4.13. The molecule has 0 aliphatic rings. The van der Waals surface area contributed by atoms with Gasteiger partial charge in [-0.25, -0.2) is 9.97 Å². The third-order valence-electron chi connectivity index (χ3n) is 4.26. The standard InChI is InChI=1S/C19H18ClN9O/c1-2-12-9-22-18(21)17(25-12)19(30)23-10-16-27-26-15-7-6-14(28-29(15)16)24-13-5-3-4-11(20)8-13/h3-9H,2,10H2,1H3,(H2,21,22)(H,23,30)(H,24,28). The van der Waals surface area contributed by atoms with E-state index in [2.05, 4.69) is 35.9 Å². The van der Waals surface area contributed by atoms with Crippen molar-refractivity contribution in [2.75, 3.05) is 11.1 Å². The summed E-state index contributed by atoms with van der Waals surface area (Å²) in [7, 11) is 0. The van der Waals surface area contributed by atoms with Crippen LogP contribution in [0.2, 0.25) is 5.02 Å². The quantitative estimate of drug-likeness (QED) is 0.430. The van der Waals surface area contributed by atoms with Crippen molar-refractivity contribution in [1.29, 1.82) is 0 Å². The average Bonchev–Trinajstić information content (AvgIpc) is 3.14. The zero-order chi connectivity index (χ0) is 21.1. The third-order valence-corrected chi connectivity index (χ3v) is 4.49. The molecule has 1 aromatic carbocycles. The summed E-state index contributed by atoms with van der Waals surface area (Å²) in [6.07, 6.45) is 2.20. The molecule has 11 heteroatoms. The molecular formula is C19H18ClN9O. The molecule has 4 aromatic rings. The lowest BCUT2D eigenvalue weighted by molar-refractivity contribution is 0.0945. The summed E-state index contributed by atoms with van der Waals surface area (Å²) in [6.45, 7) is 2.01. The van der Waals surface area contributed by atoms with Crippen molar-refractivity contribution in [1.82, 2.24) is 35.1 Å². The maximum absolute atomic E-state index is 12.5. The number of carbonyl (C=O) groups excluding carboxylic acids is 1. The van der Waals surface area contributed by atoms with E-state index in [1.807, 2.05) is 19.1 Å². The number of hydrogen-bond acceptors (Lipinski definition) is 8. The van der Waals surface area contributed by atoms with Crippen LogP contribution >= 0.6 is 11.6 Å². The number of nitrogens with two attached hydrogens (primary N) is 1. The first-order valence-corrected chi connectivity index (χ1v) is 9.55. The van der Waals surface area contributed by atoms with Gasteiger partial charge in [-0.3, -0.25) is 4.79 Å². The van der Waals surface area contributed by atoms with Crippen LogP contribution in [0, 0.1) is 0 Å². The fourth-order valence-electron chi connectivity index (χ4n) is 2.74. The minimum absolute atomic E-state index is 0.0712. The Balaban J connectivity index is 1.52. The molecule has 4 N–H and O–H groups in total. The highest BCUT2D eigenvalue weighted by atomic mass is 35.5. The molecule has 0 radical (unpaired) electrons. The fraction of sp³-hybridized carbons (Fsp3) is 0.158. The predicted molar refractivity (Wildman–Crippen MR) is 113 cm³/mol. The van der Waals surface area contributed by atoms with E-state index >= 15 is 0 Å². The van der Waals surface area contributed by atoms with Crippen molar-refractivity contribution >= 4 is 40.5 Å². The zero-order valence-corrected chi connectivity index (χ0v) is 16.8. The minimum atomic E-state index is -0.444. The second-order valence-corrected chi connectivity index (χ2v) is 6.81. The molecular weight excluding hydrogens is 406 g/mol. The lowest BCUT2D eigenvalue weighted by atomic mass is 10.3. The summed E-state index contributed by atoms with van der Waals surface area (Å²) in [5.41, 5.74) is 7.89. The number of aromatic nitrogens is 6. The van der Waals surface area contributed by atoms with Crippen molar-refractivity contribution in [2.45, 2.75) is 19.9 Å². The molecule has 0 bridgehead atoms. The van der Waals surface area contributed by atoms with Gasteiger partial charge in [-0.05, 0) is 36.8 Å². The monoisotopic (exact) mass is 423 g/mol. The molecule has 0 fully saturated rings. The number of anilines is 3. The van der Waals surface area contributed by atoms with Gasteiger partial charge in [-0.1, -0.05) is 24.6 Å². The van der Waals surface area contributed by atoms with Gasteiger partial charge in [0.2, 0.25) is 0 Å². The minimum Gasteiger partial charge on any atom is -0.382 e. The largest absolute Gasteiger partial charge is 0.382 e. The molecule has 0 atom stereocenters. The van der Waals surface area contributed by atoms with E-state index in [0.29, 0.717) is 34.4 Å². The summed E-state index contributed by atoms with van der Waals surface area (Å²) < 4.78 is 1.55. The van der Waals surface area contributed by atoms with Gasteiger partial charge < -0.3 is 16.4 Å². The van der Waals surface area contributed by atoms with Crippen molar-refractivity contribution in [3.8, 4) is 0 Å². The van der Waals surface area contributed by atoms with E-state index in [9.17, 15) is 4.79 Å². The van der Waals surface area contributed by atoms with Crippen molar-refractivity contribution in [2.24, 2.45) is 0 Å². The second kappa shape index (κ2) is 8.29. The van der Waals surface area contributed by atoms with E-state index in [-0.39, 0.29) is 18.1 Å². The molecule has 0 unspecified atom stereocenters. The number of halogens is 1. The SMILES string of the molecule is CCc1cnc(N)c(C(=O)NCc2nnc3ccc(Nc4cccc(Cl)c4)nn23)n1. The van der Waals surface area contributed by atoms with Crippen LogP contribution in [0.3, 0.4) is 0 Å². The lowest BCUT2D eigenvalue weighted by Gasteiger charge is -2.08.